The molecule has 6 nitrogen and oxygen atoms in total. The zero-order valence-electron chi connectivity index (χ0n) is 16.4. The average Bonchev–Trinajstić information content (AvgIpc) is 3.30. The van der Waals surface area contributed by atoms with Gasteiger partial charge in [-0.3, -0.25) is 9.39 Å². The van der Waals surface area contributed by atoms with Gasteiger partial charge in [0, 0.05) is 38.8 Å². The van der Waals surface area contributed by atoms with Gasteiger partial charge in [-0.1, -0.05) is 32.8 Å². The predicted octanol–water partition coefficient (Wildman–Crippen LogP) is 3.00. The Morgan fingerprint density at radius 3 is 2.88 bits per heavy atom. The summed E-state index contributed by atoms with van der Waals surface area (Å²) in [5, 5.41) is 12.0. The minimum absolute atomic E-state index is 0.726. The molecule has 1 aliphatic heterocycles. The summed E-state index contributed by atoms with van der Waals surface area (Å²) < 4.78 is 2.04. The minimum atomic E-state index is 0.726. The molecule has 1 N–H and O–H groups in total. The number of rotatable bonds is 7. The van der Waals surface area contributed by atoms with Gasteiger partial charge >= 0.3 is 0 Å². The first kappa shape index (κ1) is 18.7. The standard InChI is InChI=1S/C20H32N6/c1-4-16(5-2)17-11-14-25(15-17)20(21-6-3)22-12-10-19-24-23-18-9-7-8-13-26(18)19/h7-9,13,16-17H,4-6,10-12,14-15H2,1-3H3,(H,21,22). The lowest BCUT2D eigenvalue weighted by Crippen LogP contribution is -2.40. The van der Waals surface area contributed by atoms with Crippen LogP contribution in [0.5, 0.6) is 0 Å². The van der Waals surface area contributed by atoms with Crippen molar-refractivity contribution < 1.29 is 0 Å². The van der Waals surface area contributed by atoms with Crippen LogP contribution in [0.25, 0.3) is 5.65 Å². The molecule has 3 rings (SSSR count). The highest BCUT2D eigenvalue weighted by molar-refractivity contribution is 5.80. The monoisotopic (exact) mass is 356 g/mol. The Balaban J connectivity index is 1.62. The van der Waals surface area contributed by atoms with Gasteiger partial charge in [-0.15, -0.1) is 10.2 Å². The number of nitrogens with zero attached hydrogens (tertiary/aromatic N) is 5. The number of pyridine rings is 1. The third-order valence-corrected chi connectivity index (χ3v) is 5.56. The molecule has 1 aliphatic rings. The first-order valence-corrected chi connectivity index (χ1v) is 10.1. The first-order valence-electron chi connectivity index (χ1n) is 10.1. The molecule has 1 unspecified atom stereocenters. The van der Waals surface area contributed by atoms with E-state index < -0.39 is 0 Å². The van der Waals surface area contributed by atoms with Crippen LogP contribution in [0.15, 0.2) is 29.4 Å². The molecule has 0 amide bonds. The molecule has 6 heteroatoms. The highest BCUT2D eigenvalue weighted by Crippen LogP contribution is 2.28. The topological polar surface area (TPSA) is 57.8 Å². The number of aromatic nitrogens is 3. The molecule has 3 heterocycles. The third kappa shape index (κ3) is 4.17. The van der Waals surface area contributed by atoms with E-state index in [0.29, 0.717) is 0 Å². The Morgan fingerprint density at radius 1 is 1.27 bits per heavy atom. The average molecular weight is 357 g/mol. The molecule has 0 radical (unpaired) electrons. The quantitative estimate of drug-likeness (QED) is 0.612. The Labute approximate surface area is 156 Å². The van der Waals surface area contributed by atoms with Gasteiger partial charge in [-0.05, 0) is 37.3 Å². The first-order chi connectivity index (χ1) is 12.8. The lowest BCUT2D eigenvalue weighted by Gasteiger charge is -2.24. The molecule has 0 aromatic carbocycles. The molecule has 1 atom stereocenters. The van der Waals surface area contributed by atoms with Crippen molar-refractivity contribution in [3.8, 4) is 0 Å². The second-order valence-electron chi connectivity index (χ2n) is 7.10. The third-order valence-electron chi connectivity index (χ3n) is 5.56. The summed E-state index contributed by atoms with van der Waals surface area (Å²) in [6.07, 6.45) is 6.65. The number of nitrogens with one attached hydrogen (secondary N) is 1. The maximum absolute atomic E-state index is 4.87. The van der Waals surface area contributed by atoms with E-state index in [0.717, 1.165) is 61.9 Å². The maximum atomic E-state index is 4.87. The minimum Gasteiger partial charge on any atom is -0.357 e. The van der Waals surface area contributed by atoms with Gasteiger partial charge in [0.15, 0.2) is 11.6 Å². The summed E-state index contributed by atoms with van der Waals surface area (Å²) in [5.41, 5.74) is 0.894. The normalized spacial score (nSPS) is 18.2. The molecule has 142 valence electrons. The molecule has 0 spiro atoms. The van der Waals surface area contributed by atoms with Crippen molar-refractivity contribution in [1.29, 1.82) is 0 Å². The lowest BCUT2D eigenvalue weighted by molar-refractivity contribution is 0.319. The highest BCUT2D eigenvalue weighted by Gasteiger charge is 2.29. The van der Waals surface area contributed by atoms with E-state index in [2.05, 4.69) is 41.2 Å². The molecule has 1 saturated heterocycles. The zero-order valence-corrected chi connectivity index (χ0v) is 16.4. The zero-order chi connectivity index (χ0) is 18.4. The largest absolute Gasteiger partial charge is 0.357 e. The summed E-state index contributed by atoms with van der Waals surface area (Å²) in [6, 6.07) is 5.97. The van der Waals surface area contributed by atoms with Crippen molar-refractivity contribution in [3.05, 3.63) is 30.2 Å². The fraction of sp³-hybridized carbons (Fsp3) is 0.650. The number of fused-ring (bicyclic) bond motifs is 1. The van der Waals surface area contributed by atoms with Crippen LogP contribution < -0.4 is 5.32 Å². The van der Waals surface area contributed by atoms with Gasteiger partial charge in [0.25, 0.3) is 0 Å². The van der Waals surface area contributed by atoms with Gasteiger partial charge < -0.3 is 10.2 Å². The van der Waals surface area contributed by atoms with E-state index in [1.165, 1.54) is 19.3 Å². The SMILES string of the molecule is CCNC(=NCCc1nnc2ccccn12)N1CCC(C(CC)CC)C1. The maximum Gasteiger partial charge on any atom is 0.193 e. The van der Waals surface area contributed by atoms with Crippen LogP contribution in [0.2, 0.25) is 0 Å². The lowest BCUT2D eigenvalue weighted by atomic mass is 9.87. The Morgan fingerprint density at radius 2 is 2.12 bits per heavy atom. The highest BCUT2D eigenvalue weighted by atomic mass is 15.3. The van der Waals surface area contributed by atoms with Gasteiger partial charge in [0.2, 0.25) is 0 Å². The molecule has 0 bridgehead atoms. The summed E-state index contributed by atoms with van der Waals surface area (Å²) >= 11 is 0. The van der Waals surface area contributed by atoms with E-state index in [1.54, 1.807) is 0 Å². The fourth-order valence-electron chi connectivity index (χ4n) is 4.07. The number of guanidine groups is 1. The van der Waals surface area contributed by atoms with E-state index in [4.69, 9.17) is 4.99 Å². The Kier molecular flexibility index (Phi) is 6.47. The van der Waals surface area contributed by atoms with Gasteiger partial charge in [-0.25, -0.2) is 0 Å². The van der Waals surface area contributed by atoms with Crippen molar-refractivity contribution in [2.75, 3.05) is 26.2 Å². The smallest absolute Gasteiger partial charge is 0.193 e. The second-order valence-corrected chi connectivity index (χ2v) is 7.10. The van der Waals surface area contributed by atoms with Crippen molar-refractivity contribution in [3.63, 3.8) is 0 Å². The van der Waals surface area contributed by atoms with Crippen LogP contribution in [0.1, 0.15) is 45.9 Å². The molecule has 1 fully saturated rings. The van der Waals surface area contributed by atoms with E-state index in [9.17, 15) is 0 Å². The van der Waals surface area contributed by atoms with Crippen LogP contribution in [0.3, 0.4) is 0 Å². The number of hydrogen-bond acceptors (Lipinski definition) is 3. The van der Waals surface area contributed by atoms with E-state index in [1.807, 2.05) is 28.8 Å². The molecule has 0 saturated carbocycles. The van der Waals surface area contributed by atoms with Crippen LogP contribution in [-0.2, 0) is 6.42 Å². The molecular weight excluding hydrogens is 324 g/mol. The van der Waals surface area contributed by atoms with E-state index >= 15 is 0 Å². The fourth-order valence-corrected chi connectivity index (χ4v) is 4.07. The number of likely N-dealkylation sites (tertiary alicyclic amines) is 1. The van der Waals surface area contributed by atoms with Gasteiger partial charge in [0.05, 0.1) is 0 Å². The molecular formula is C20H32N6. The van der Waals surface area contributed by atoms with Gasteiger partial charge in [-0.2, -0.15) is 0 Å². The van der Waals surface area contributed by atoms with Crippen LogP contribution in [0, 0.1) is 11.8 Å². The summed E-state index contributed by atoms with van der Waals surface area (Å²) in [5.74, 6) is 3.66. The summed E-state index contributed by atoms with van der Waals surface area (Å²) in [4.78, 5) is 7.31. The van der Waals surface area contributed by atoms with E-state index in [-0.39, 0.29) is 0 Å². The van der Waals surface area contributed by atoms with Crippen LogP contribution in [0.4, 0.5) is 0 Å². The number of hydrogen-bond donors (Lipinski definition) is 1. The Hall–Kier alpha value is -2.11. The molecule has 2 aromatic heterocycles. The van der Waals surface area contributed by atoms with Gasteiger partial charge in [0.1, 0.15) is 5.82 Å². The van der Waals surface area contributed by atoms with Crippen LogP contribution >= 0.6 is 0 Å². The summed E-state index contributed by atoms with van der Waals surface area (Å²) in [6.45, 7) is 10.6. The summed E-state index contributed by atoms with van der Waals surface area (Å²) in [7, 11) is 0. The molecule has 2 aromatic rings. The number of aliphatic imine (C=N–C) groups is 1. The van der Waals surface area contributed by atoms with Crippen molar-refractivity contribution in [2.45, 2.75) is 46.5 Å². The second kappa shape index (κ2) is 9.01. The van der Waals surface area contributed by atoms with Crippen molar-refractivity contribution >= 4 is 11.6 Å². The predicted molar refractivity (Wildman–Crippen MR) is 106 cm³/mol. The van der Waals surface area contributed by atoms with Crippen LogP contribution in [-0.4, -0.2) is 51.6 Å². The molecule has 0 aliphatic carbocycles. The van der Waals surface area contributed by atoms with Crippen molar-refractivity contribution in [1.82, 2.24) is 24.8 Å². The Bertz CT molecular complexity index is 718. The van der Waals surface area contributed by atoms with Crippen molar-refractivity contribution in [2.24, 2.45) is 16.8 Å². The molecule has 26 heavy (non-hydrogen) atoms.